The van der Waals surface area contributed by atoms with Gasteiger partial charge in [-0.15, -0.1) is 10.2 Å². The Morgan fingerprint density at radius 1 is 1.26 bits per heavy atom. The molecule has 0 N–H and O–H groups in total. The van der Waals surface area contributed by atoms with Crippen molar-refractivity contribution < 1.29 is 9.53 Å². The van der Waals surface area contributed by atoms with Crippen LogP contribution in [-0.2, 0) is 16.1 Å². The summed E-state index contributed by atoms with van der Waals surface area (Å²) in [6.07, 6.45) is 0.0999. The normalized spacial score (nSPS) is 21.4. The second kappa shape index (κ2) is 6.45. The predicted octanol–water partition coefficient (Wildman–Crippen LogP) is 1.28. The van der Waals surface area contributed by atoms with Crippen LogP contribution in [-0.4, -0.2) is 56.3 Å². The number of benzene rings is 1. The molecule has 1 aromatic carbocycles. The van der Waals surface area contributed by atoms with Crippen LogP contribution in [0.15, 0.2) is 24.3 Å². The van der Waals surface area contributed by atoms with Crippen LogP contribution in [0.3, 0.4) is 0 Å². The van der Waals surface area contributed by atoms with E-state index in [0.29, 0.717) is 18.9 Å². The highest BCUT2D eigenvalue weighted by Crippen LogP contribution is 2.18. The Labute approximate surface area is 135 Å². The minimum Gasteiger partial charge on any atom is -0.372 e. The maximum atomic E-state index is 12.4. The van der Waals surface area contributed by atoms with Gasteiger partial charge in [0.1, 0.15) is 6.54 Å². The van der Waals surface area contributed by atoms with Gasteiger partial charge in [-0.2, -0.15) is 4.80 Å². The number of hydrogen-bond donors (Lipinski definition) is 0. The summed E-state index contributed by atoms with van der Waals surface area (Å²) in [7, 11) is 0. The van der Waals surface area contributed by atoms with Gasteiger partial charge in [-0.1, -0.05) is 24.3 Å². The fourth-order valence-electron chi connectivity index (χ4n) is 2.84. The first-order valence-corrected chi connectivity index (χ1v) is 7.80. The number of tetrazole rings is 1. The van der Waals surface area contributed by atoms with Gasteiger partial charge in [0, 0.05) is 18.7 Å². The highest BCUT2D eigenvalue weighted by Gasteiger charge is 2.26. The SMILES string of the molecule is Cc1ccccc1-c1nnn(CC(=O)N2C[C@H](C)O[C@@H](C)C2)n1. The van der Waals surface area contributed by atoms with Crippen LogP contribution in [0.25, 0.3) is 11.4 Å². The monoisotopic (exact) mass is 315 g/mol. The van der Waals surface area contributed by atoms with Crippen molar-refractivity contribution in [3.05, 3.63) is 29.8 Å². The number of carbonyl (C=O) groups excluding carboxylic acids is 1. The van der Waals surface area contributed by atoms with E-state index in [-0.39, 0.29) is 24.7 Å². The fourth-order valence-corrected chi connectivity index (χ4v) is 2.84. The number of aryl methyl sites for hydroxylation is 1. The summed E-state index contributed by atoms with van der Waals surface area (Å²) in [5.41, 5.74) is 2.01. The minimum absolute atomic E-state index is 0.0132. The first kappa shape index (κ1) is 15.6. The lowest BCUT2D eigenvalue weighted by atomic mass is 10.1. The second-order valence-electron chi connectivity index (χ2n) is 6.01. The van der Waals surface area contributed by atoms with Gasteiger partial charge in [-0.05, 0) is 31.5 Å². The quantitative estimate of drug-likeness (QED) is 0.853. The van der Waals surface area contributed by atoms with E-state index in [1.54, 1.807) is 4.90 Å². The Morgan fingerprint density at radius 3 is 2.65 bits per heavy atom. The molecule has 1 fully saturated rings. The minimum atomic E-state index is -0.0132. The van der Waals surface area contributed by atoms with Crippen LogP contribution >= 0.6 is 0 Å². The van der Waals surface area contributed by atoms with Crippen LogP contribution in [0, 0.1) is 6.92 Å². The zero-order valence-corrected chi connectivity index (χ0v) is 13.6. The van der Waals surface area contributed by atoms with E-state index in [2.05, 4.69) is 15.4 Å². The molecule has 1 amide bonds. The number of morpholine rings is 1. The number of nitrogens with zero attached hydrogens (tertiary/aromatic N) is 5. The van der Waals surface area contributed by atoms with Gasteiger partial charge in [-0.25, -0.2) is 0 Å². The fraction of sp³-hybridized carbons (Fsp3) is 0.500. The van der Waals surface area contributed by atoms with Crippen molar-refractivity contribution >= 4 is 5.91 Å². The van der Waals surface area contributed by atoms with Crippen molar-refractivity contribution in [2.75, 3.05) is 13.1 Å². The Balaban J connectivity index is 1.69. The van der Waals surface area contributed by atoms with E-state index in [4.69, 9.17) is 4.74 Å². The molecular weight excluding hydrogens is 294 g/mol. The molecule has 122 valence electrons. The molecule has 7 nitrogen and oxygen atoms in total. The topological polar surface area (TPSA) is 73.1 Å². The third-order valence-electron chi connectivity index (χ3n) is 3.89. The van der Waals surface area contributed by atoms with Crippen LogP contribution in [0.2, 0.25) is 0 Å². The Hall–Kier alpha value is -2.28. The molecule has 0 spiro atoms. The van der Waals surface area contributed by atoms with E-state index >= 15 is 0 Å². The molecule has 0 bridgehead atoms. The van der Waals surface area contributed by atoms with Crippen LogP contribution in [0.4, 0.5) is 0 Å². The van der Waals surface area contributed by atoms with Gasteiger partial charge in [-0.3, -0.25) is 4.79 Å². The van der Waals surface area contributed by atoms with Gasteiger partial charge in [0.2, 0.25) is 11.7 Å². The summed E-state index contributed by atoms with van der Waals surface area (Å²) in [5, 5.41) is 12.4. The van der Waals surface area contributed by atoms with Gasteiger partial charge < -0.3 is 9.64 Å². The highest BCUT2D eigenvalue weighted by molar-refractivity contribution is 5.76. The van der Waals surface area contributed by atoms with Crippen molar-refractivity contribution in [3.63, 3.8) is 0 Å². The van der Waals surface area contributed by atoms with Gasteiger partial charge in [0.15, 0.2) is 0 Å². The van der Waals surface area contributed by atoms with Crippen molar-refractivity contribution in [2.24, 2.45) is 0 Å². The molecule has 0 saturated carbocycles. The van der Waals surface area contributed by atoms with Crippen molar-refractivity contribution in [1.82, 2.24) is 25.1 Å². The highest BCUT2D eigenvalue weighted by atomic mass is 16.5. The van der Waals surface area contributed by atoms with E-state index in [1.165, 1.54) is 4.80 Å². The van der Waals surface area contributed by atoms with Crippen LogP contribution in [0.1, 0.15) is 19.4 Å². The van der Waals surface area contributed by atoms with Gasteiger partial charge in [0.25, 0.3) is 0 Å². The Bertz CT molecular complexity index is 689. The molecule has 2 heterocycles. The lowest BCUT2D eigenvalue weighted by Crippen LogP contribution is -2.49. The van der Waals surface area contributed by atoms with Crippen molar-refractivity contribution in [3.8, 4) is 11.4 Å². The summed E-state index contributed by atoms with van der Waals surface area (Å²) in [5.74, 6) is 0.528. The molecule has 1 aliphatic heterocycles. The molecule has 0 aliphatic carbocycles. The molecule has 2 aromatic rings. The van der Waals surface area contributed by atoms with Crippen LogP contribution in [0.5, 0.6) is 0 Å². The molecular formula is C16H21N5O2. The molecule has 1 aromatic heterocycles. The number of amides is 1. The third kappa shape index (κ3) is 3.56. The number of ether oxygens (including phenoxy) is 1. The average molecular weight is 315 g/mol. The van der Waals surface area contributed by atoms with Crippen LogP contribution < -0.4 is 0 Å². The van der Waals surface area contributed by atoms with Crippen molar-refractivity contribution in [2.45, 2.75) is 39.5 Å². The maximum Gasteiger partial charge on any atom is 0.246 e. The molecule has 2 atom stereocenters. The number of rotatable bonds is 3. The van der Waals surface area contributed by atoms with E-state index in [1.807, 2.05) is 45.0 Å². The lowest BCUT2D eigenvalue weighted by molar-refractivity contribution is -0.144. The summed E-state index contributed by atoms with van der Waals surface area (Å²) in [6.45, 7) is 7.24. The molecule has 1 saturated heterocycles. The summed E-state index contributed by atoms with van der Waals surface area (Å²) >= 11 is 0. The molecule has 7 heteroatoms. The Kier molecular flexibility index (Phi) is 4.38. The first-order chi connectivity index (χ1) is 11.0. The predicted molar refractivity (Wildman–Crippen MR) is 84.6 cm³/mol. The summed E-state index contributed by atoms with van der Waals surface area (Å²) < 4.78 is 5.65. The molecule has 3 rings (SSSR count). The lowest BCUT2D eigenvalue weighted by Gasteiger charge is -2.35. The molecule has 1 aliphatic rings. The maximum absolute atomic E-state index is 12.4. The largest absolute Gasteiger partial charge is 0.372 e. The Morgan fingerprint density at radius 2 is 1.96 bits per heavy atom. The third-order valence-corrected chi connectivity index (χ3v) is 3.89. The molecule has 0 radical (unpaired) electrons. The van der Waals surface area contributed by atoms with E-state index in [9.17, 15) is 4.79 Å². The summed E-state index contributed by atoms with van der Waals surface area (Å²) in [6, 6.07) is 7.85. The van der Waals surface area contributed by atoms with E-state index < -0.39 is 0 Å². The average Bonchev–Trinajstić information content (AvgIpc) is 2.95. The zero-order valence-electron chi connectivity index (χ0n) is 13.6. The smallest absolute Gasteiger partial charge is 0.246 e. The second-order valence-corrected chi connectivity index (χ2v) is 6.01. The molecule has 0 unspecified atom stereocenters. The number of hydrogen-bond acceptors (Lipinski definition) is 5. The molecule has 23 heavy (non-hydrogen) atoms. The zero-order chi connectivity index (χ0) is 16.4. The van der Waals surface area contributed by atoms with E-state index in [0.717, 1.165) is 11.1 Å². The van der Waals surface area contributed by atoms with Crippen molar-refractivity contribution in [1.29, 1.82) is 0 Å². The first-order valence-electron chi connectivity index (χ1n) is 7.80. The summed E-state index contributed by atoms with van der Waals surface area (Å²) in [4.78, 5) is 15.6. The number of aromatic nitrogens is 4. The van der Waals surface area contributed by atoms with Gasteiger partial charge in [0.05, 0.1) is 12.2 Å². The number of carbonyl (C=O) groups is 1. The standard InChI is InChI=1S/C16H21N5O2/c1-11-6-4-5-7-14(11)16-17-19-21(18-16)10-15(22)20-8-12(2)23-13(3)9-20/h4-7,12-13H,8-10H2,1-3H3/t12-,13-/m0/s1. The van der Waals surface area contributed by atoms with Gasteiger partial charge >= 0.3 is 0 Å².